The van der Waals surface area contributed by atoms with Crippen LogP contribution >= 0.6 is 0 Å². The van der Waals surface area contributed by atoms with Crippen molar-refractivity contribution in [3.05, 3.63) is 208 Å². The molecule has 0 unspecified atom stereocenters. The Morgan fingerprint density at radius 2 is 0.738 bits per heavy atom. The second-order valence-electron chi connectivity index (χ2n) is 25.1. The normalized spacial score (nSPS) is 12.2. The van der Waals surface area contributed by atoms with Gasteiger partial charge in [-0.1, -0.05) is 126 Å². The van der Waals surface area contributed by atoms with Crippen LogP contribution in [0.5, 0.6) is 0 Å². The van der Waals surface area contributed by atoms with Crippen molar-refractivity contribution in [2.45, 2.75) is 105 Å². The van der Waals surface area contributed by atoms with Gasteiger partial charge in [-0.2, -0.15) is 10.5 Å². The van der Waals surface area contributed by atoms with E-state index in [0.29, 0.717) is 40.0 Å². The molecule has 0 saturated heterocycles. The fourth-order valence-corrected chi connectivity index (χ4v) is 10.8. The molecule has 0 bridgehead atoms. The van der Waals surface area contributed by atoms with Crippen LogP contribution in [0.3, 0.4) is 0 Å². The van der Waals surface area contributed by atoms with Crippen LogP contribution in [0.15, 0.2) is 152 Å². The number of hydrogen-bond donors (Lipinski definition) is 0. The van der Waals surface area contributed by atoms with Gasteiger partial charge in [-0.3, -0.25) is 0 Å². The molecule has 0 radical (unpaired) electrons. The number of rotatable bonds is 6. The van der Waals surface area contributed by atoms with E-state index >= 15 is 0 Å². The molecule has 0 atom stereocenters. The Morgan fingerprint density at radius 3 is 1.12 bits per heavy atom. The lowest BCUT2D eigenvalue weighted by molar-refractivity contribution is 0.568. The summed E-state index contributed by atoms with van der Waals surface area (Å²) in [6, 6.07) is 55.9. The highest BCUT2D eigenvalue weighted by Crippen LogP contribution is 2.45. The summed E-state index contributed by atoms with van der Waals surface area (Å²) in [6.07, 6.45) is 0. The SMILES string of the molecule is [C-]#[N+]c1ccc2c(c1)c1cc([N+]#[C-])ccc1n2-c1ccc(-c2nc(-c3cc(C(C)(C)C)cc(C(C)(C)C)c3)nc(-c3cc(C(C)(C)C)cc(C(C)(C)C)c3)n2)cc1-c1ccccc1-n1c2ccc(C#N)cc2c2cc(C#N)ccc21. The smallest absolute Gasteiger partial charge is 0.188 e. The molecule has 0 amide bonds. The molecule has 8 aromatic carbocycles. The average molecular weight is 1040 g/mol. The fraction of sp³-hybridized carbons (Fsp3) is 0.225. The molecule has 3 aromatic heterocycles. The van der Waals surface area contributed by atoms with Gasteiger partial charge in [-0.05, 0) is 164 Å². The number of fused-ring (bicyclic) bond motifs is 6. The molecular formula is C71H61N9. The van der Waals surface area contributed by atoms with Gasteiger partial charge in [0.1, 0.15) is 0 Å². The quantitative estimate of drug-likeness (QED) is 0.154. The maximum Gasteiger partial charge on any atom is 0.188 e. The highest BCUT2D eigenvalue weighted by Gasteiger charge is 2.27. The molecule has 11 rings (SSSR count). The van der Waals surface area contributed by atoms with Gasteiger partial charge in [0.25, 0.3) is 0 Å². The van der Waals surface area contributed by atoms with Gasteiger partial charge >= 0.3 is 0 Å². The van der Waals surface area contributed by atoms with E-state index in [2.05, 4.69) is 181 Å². The van der Waals surface area contributed by atoms with Crippen molar-refractivity contribution in [3.8, 4) is 68.8 Å². The van der Waals surface area contributed by atoms with Crippen LogP contribution in [0, 0.1) is 35.8 Å². The Kier molecular flexibility index (Phi) is 12.5. The van der Waals surface area contributed by atoms with E-state index in [1.165, 1.54) is 22.3 Å². The minimum atomic E-state index is -0.163. The average Bonchev–Trinajstić information content (AvgIpc) is 4.19. The first kappa shape index (κ1) is 52.4. The highest BCUT2D eigenvalue weighted by atomic mass is 15.0. The van der Waals surface area contributed by atoms with Crippen molar-refractivity contribution in [1.82, 2.24) is 24.1 Å². The molecule has 0 aliphatic carbocycles. The molecular weight excluding hydrogens is 979 g/mol. The first-order valence-electron chi connectivity index (χ1n) is 27.0. The third-order valence-corrected chi connectivity index (χ3v) is 15.4. The van der Waals surface area contributed by atoms with Crippen molar-refractivity contribution in [2.24, 2.45) is 0 Å². The van der Waals surface area contributed by atoms with Gasteiger partial charge in [0.05, 0.1) is 69.9 Å². The summed E-state index contributed by atoms with van der Waals surface area (Å²) in [7, 11) is 0. The predicted octanol–water partition coefficient (Wildman–Crippen LogP) is 18.8. The lowest BCUT2D eigenvalue weighted by Gasteiger charge is -2.26. The molecule has 0 aliphatic rings. The molecule has 390 valence electrons. The minimum Gasteiger partial charge on any atom is -0.309 e. The lowest BCUT2D eigenvalue weighted by atomic mass is 9.79. The van der Waals surface area contributed by atoms with Crippen molar-refractivity contribution in [2.75, 3.05) is 0 Å². The summed E-state index contributed by atoms with van der Waals surface area (Å²) in [5.74, 6) is 1.64. The number of benzene rings is 8. The van der Waals surface area contributed by atoms with Gasteiger partial charge < -0.3 is 9.13 Å². The van der Waals surface area contributed by atoms with Crippen LogP contribution in [0.2, 0.25) is 0 Å². The van der Waals surface area contributed by atoms with Crippen LogP contribution < -0.4 is 0 Å². The van der Waals surface area contributed by atoms with Gasteiger partial charge in [0, 0.05) is 38.6 Å². The van der Waals surface area contributed by atoms with E-state index in [1.807, 2.05) is 84.9 Å². The van der Waals surface area contributed by atoms with E-state index in [0.717, 1.165) is 82.8 Å². The molecule has 9 heteroatoms. The van der Waals surface area contributed by atoms with E-state index in [-0.39, 0.29) is 21.7 Å². The first-order chi connectivity index (χ1) is 37.9. The number of nitrogens with zero attached hydrogens (tertiary/aromatic N) is 9. The second kappa shape index (κ2) is 19.1. The summed E-state index contributed by atoms with van der Waals surface area (Å²) < 4.78 is 4.45. The zero-order chi connectivity index (χ0) is 56.8. The monoisotopic (exact) mass is 1040 g/mol. The van der Waals surface area contributed by atoms with Crippen LogP contribution in [0.1, 0.15) is 116 Å². The third-order valence-electron chi connectivity index (χ3n) is 15.4. The predicted molar refractivity (Wildman–Crippen MR) is 327 cm³/mol. The minimum absolute atomic E-state index is 0.163. The van der Waals surface area contributed by atoms with Crippen LogP contribution in [-0.2, 0) is 21.7 Å². The maximum absolute atomic E-state index is 10.1. The van der Waals surface area contributed by atoms with Gasteiger partial charge in [0.2, 0.25) is 0 Å². The Hall–Kier alpha value is -9.67. The standard InChI is InChI=1S/C71H61N9/c1-68(2,3)47-31-45(32-48(36-47)69(4,5)6)66-76-65(77-67(78-66)46-33-49(70(7,8)9)37-50(34-46)71(10,11)12)44-21-26-62(80-63-27-22-51(74-13)38-57(63)58-39-52(75-14)23-28-64(58)80)56(35-44)53-17-15-16-18-59(53)79-60-24-19-42(40-72)29-54(60)55-30-43(41-73)20-25-61(55)79/h15-39H,1-12H3. The first-order valence-corrected chi connectivity index (χ1v) is 27.0. The molecule has 0 N–H and O–H groups in total. The molecule has 9 nitrogen and oxygen atoms in total. The van der Waals surface area contributed by atoms with Gasteiger partial charge in [0.15, 0.2) is 28.8 Å². The molecule has 0 aliphatic heterocycles. The number of para-hydroxylation sites is 1. The molecule has 80 heavy (non-hydrogen) atoms. The molecule has 11 aromatic rings. The summed E-state index contributed by atoms with van der Waals surface area (Å²) in [5.41, 5.74) is 15.7. The second-order valence-corrected chi connectivity index (χ2v) is 25.1. The van der Waals surface area contributed by atoms with E-state index in [4.69, 9.17) is 28.1 Å². The van der Waals surface area contributed by atoms with Crippen molar-refractivity contribution in [3.63, 3.8) is 0 Å². The highest BCUT2D eigenvalue weighted by molar-refractivity contribution is 6.13. The zero-order valence-corrected chi connectivity index (χ0v) is 47.5. The summed E-state index contributed by atoms with van der Waals surface area (Å²) in [6.45, 7) is 42.9. The largest absolute Gasteiger partial charge is 0.309 e. The van der Waals surface area contributed by atoms with Crippen molar-refractivity contribution < 1.29 is 0 Å². The van der Waals surface area contributed by atoms with Gasteiger partial charge in [-0.25, -0.2) is 24.6 Å². The van der Waals surface area contributed by atoms with Crippen LogP contribution in [0.4, 0.5) is 11.4 Å². The summed E-state index contributed by atoms with van der Waals surface area (Å²) in [5, 5.41) is 23.7. The molecule has 0 spiro atoms. The molecule has 0 saturated carbocycles. The van der Waals surface area contributed by atoms with E-state index in [9.17, 15) is 10.5 Å². The summed E-state index contributed by atoms with van der Waals surface area (Å²) >= 11 is 0. The Morgan fingerprint density at radius 1 is 0.375 bits per heavy atom. The fourth-order valence-electron chi connectivity index (χ4n) is 10.8. The van der Waals surface area contributed by atoms with Crippen LogP contribution in [-0.4, -0.2) is 24.1 Å². The van der Waals surface area contributed by atoms with E-state index in [1.54, 1.807) is 0 Å². The van der Waals surface area contributed by atoms with Crippen LogP contribution in [0.25, 0.3) is 110 Å². The Labute approximate surface area is 468 Å². The Bertz CT molecular complexity index is 4260. The zero-order valence-electron chi connectivity index (χ0n) is 47.5. The number of nitriles is 2. The number of hydrogen-bond acceptors (Lipinski definition) is 5. The van der Waals surface area contributed by atoms with Crippen molar-refractivity contribution >= 4 is 55.0 Å². The topological polar surface area (TPSA) is 105 Å². The number of aromatic nitrogens is 5. The van der Waals surface area contributed by atoms with Gasteiger partial charge in [-0.15, -0.1) is 0 Å². The lowest BCUT2D eigenvalue weighted by Crippen LogP contribution is -2.17. The van der Waals surface area contributed by atoms with E-state index < -0.39 is 0 Å². The molecule has 0 fully saturated rings. The molecule has 3 heterocycles. The van der Waals surface area contributed by atoms with Crippen molar-refractivity contribution in [1.29, 1.82) is 10.5 Å². The Balaban J connectivity index is 1.26. The summed E-state index contributed by atoms with van der Waals surface area (Å²) in [4.78, 5) is 24.1. The maximum atomic E-state index is 10.1. The third kappa shape index (κ3) is 9.32.